The molecule has 0 aromatic rings. The summed E-state index contributed by atoms with van der Waals surface area (Å²) in [6, 6.07) is 0.0760. The van der Waals surface area contributed by atoms with E-state index in [1.54, 1.807) is 0 Å². The smallest absolute Gasteiger partial charge is 0.238 e. The molecule has 2 rings (SSSR count). The van der Waals surface area contributed by atoms with Gasteiger partial charge in [0.15, 0.2) is 0 Å². The lowest BCUT2D eigenvalue weighted by molar-refractivity contribution is -0.128. The van der Waals surface area contributed by atoms with Gasteiger partial charge in [0, 0.05) is 0 Å². The van der Waals surface area contributed by atoms with E-state index in [-0.39, 0.29) is 18.1 Å². The van der Waals surface area contributed by atoms with Crippen molar-refractivity contribution < 1.29 is 4.79 Å². The van der Waals surface area contributed by atoms with Crippen molar-refractivity contribution in [3.8, 4) is 0 Å². The van der Waals surface area contributed by atoms with E-state index in [4.69, 9.17) is 0 Å². The average Bonchev–Trinajstić information content (AvgIpc) is 3.02. The first-order chi connectivity index (χ1) is 7.56. The summed E-state index contributed by atoms with van der Waals surface area (Å²) in [5.74, 6) is 0.176. The van der Waals surface area contributed by atoms with Gasteiger partial charge in [0.25, 0.3) is 0 Å². The predicted octanol–water partition coefficient (Wildman–Crippen LogP) is 0.542. The van der Waals surface area contributed by atoms with E-state index in [1.165, 1.54) is 19.3 Å². The first-order valence-corrected chi connectivity index (χ1v) is 6.24. The van der Waals surface area contributed by atoms with Crippen LogP contribution in [0, 0.1) is 5.41 Å². The molecule has 4 heteroatoms. The van der Waals surface area contributed by atoms with E-state index in [2.05, 4.69) is 22.6 Å². The number of rotatable bonds is 3. The Hall–Kier alpha value is -0.610. The van der Waals surface area contributed by atoms with Crippen LogP contribution in [0.2, 0.25) is 0 Å². The van der Waals surface area contributed by atoms with Gasteiger partial charge in [0.05, 0.1) is 12.2 Å². The van der Waals surface area contributed by atoms with Crippen LogP contribution in [0.4, 0.5) is 0 Å². The van der Waals surface area contributed by atoms with Crippen LogP contribution in [0.5, 0.6) is 0 Å². The van der Waals surface area contributed by atoms with Crippen LogP contribution in [0.15, 0.2) is 0 Å². The molecule has 1 heterocycles. The van der Waals surface area contributed by atoms with Crippen molar-refractivity contribution in [2.24, 2.45) is 5.41 Å². The molecule has 0 radical (unpaired) electrons. The molecule has 2 atom stereocenters. The van der Waals surface area contributed by atoms with Crippen LogP contribution >= 0.6 is 0 Å². The zero-order chi connectivity index (χ0) is 11.8. The number of nitrogens with zero attached hydrogens (tertiary/aromatic N) is 1. The molecule has 0 aromatic heterocycles. The van der Waals surface area contributed by atoms with Crippen LogP contribution < -0.4 is 10.6 Å². The zero-order valence-electron chi connectivity index (χ0n) is 10.5. The molecule has 1 amide bonds. The first-order valence-electron chi connectivity index (χ1n) is 6.24. The molecule has 2 N–H and O–H groups in total. The van der Waals surface area contributed by atoms with E-state index < -0.39 is 0 Å². The summed E-state index contributed by atoms with van der Waals surface area (Å²) in [5.41, 5.74) is 0.525. The minimum Gasteiger partial charge on any atom is -0.340 e. The van der Waals surface area contributed by atoms with E-state index in [9.17, 15) is 4.79 Å². The number of carbonyl (C=O) groups is 1. The van der Waals surface area contributed by atoms with Crippen LogP contribution in [-0.2, 0) is 4.79 Å². The summed E-state index contributed by atoms with van der Waals surface area (Å²) in [7, 11) is 3.92. The minimum atomic E-state index is 0.0537. The molecular weight excluding hydrogens is 202 g/mol. The van der Waals surface area contributed by atoms with E-state index in [0.717, 1.165) is 13.0 Å². The Morgan fingerprint density at radius 1 is 1.44 bits per heavy atom. The fourth-order valence-electron chi connectivity index (χ4n) is 2.54. The summed E-state index contributed by atoms with van der Waals surface area (Å²) in [6.45, 7) is 3.03. The lowest BCUT2D eigenvalue weighted by atomic mass is 9.88. The van der Waals surface area contributed by atoms with Crippen molar-refractivity contribution in [1.82, 2.24) is 15.5 Å². The van der Waals surface area contributed by atoms with Crippen molar-refractivity contribution in [3.63, 3.8) is 0 Å². The van der Waals surface area contributed by atoms with Crippen LogP contribution in [-0.4, -0.2) is 43.7 Å². The number of hydrogen-bond donors (Lipinski definition) is 2. The topological polar surface area (TPSA) is 44.4 Å². The van der Waals surface area contributed by atoms with Crippen LogP contribution in [0.3, 0.4) is 0 Å². The molecule has 1 saturated heterocycles. The van der Waals surface area contributed by atoms with E-state index in [1.807, 2.05) is 14.0 Å². The van der Waals surface area contributed by atoms with E-state index in [0.29, 0.717) is 5.41 Å². The largest absolute Gasteiger partial charge is 0.340 e. The predicted molar refractivity (Wildman–Crippen MR) is 64.0 cm³/mol. The van der Waals surface area contributed by atoms with Gasteiger partial charge in [-0.25, -0.2) is 0 Å². The Morgan fingerprint density at radius 2 is 2.12 bits per heavy atom. The van der Waals surface area contributed by atoms with Gasteiger partial charge in [0.1, 0.15) is 0 Å². The van der Waals surface area contributed by atoms with E-state index >= 15 is 0 Å². The highest BCUT2D eigenvalue weighted by Gasteiger charge is 2.48. The molecule has 2 aliphatic rings. The fourth-order valence-corrected chi connectivity index (χ4v) is 2.54. The molecular formula is C12H23N3O. The number of hydrogen-bond acceptors (Lipinski definition) is 3. The van der Waals surface area contributed by atoms with Crippen molar-refractivity contribution in [3.05, 3.63) is 0 Å². The van der Waals surface area contributed by atoms with Gasteiger partial charge >= 0.3 is 0 Å². The standard InChI is InChI=1S/C12H23N3O/c1-9(13-2)14-11(16)10-8-12(4-5-12)6-7-15(10)3/h9-10,13H,4-8H2,1-3H3,(H,14,16)/t9-,10?/m0/s1. The maximum absolute atomic E-state index is 12.1. The molecule has 2 fully saturated rings. The number of likely N-dealkylation sites (tertiary alicyclic amines) is 1. The normalized spacial score (nSPS) is 30.1. The Kier molecular flexibility index (Phi) is 3.22. The Bertz CT molecular complexity index is 275. The Morgan fingerprint density at radius 3 is 2.69 bits per heavy atom. The summed E-state index contributed by atoms with van der Waals surface area (Å²) in [4.78, 5) is 14.3. The minimum absolute atomic E-state index is 0.0537. The molecule has 1 saturated carbocycles. The van der Waals surface area contributed by atoms with Gasteiger partial charge in [-0.2, -0.15) is 0 Å². The third-order valence-corrected chi connectivity index (χ3v) is 4.20. The second kappa shape index (κ2) is 4.34. The third kappa shape index (κ3) is 2.38. The van der Waals surface area contributed by atoms with Gasteiger partial charge < -0.3 is 10.6 Å². The summed E-state index contributed by atoms with van der Waals surface area (Å²) >= 11 is 0. The highest BCUT2D eigenvalue weighted by atomic mass is 16.2. The summed E-state index contributed by atoms with van der Waals surface area (Å²) < 4.78 is 0. The third-order valence-electron chi connectivity index (χ3n) is 4.20. The SMILES string of the molecule is CN[C@H](C)NC(=O)C1CC2(CCN1C)CC2. The number of piperidine rings is 1. The maximum Gasteiger partial charge on any atom is 0.238 e. The highest BCUT2D eigenvalue weighted by Crippen LogP contribution is 2.54. The van der Waals surface area contributed by atoms with Crippen molar-refractivity contribution in [2.75, 3.05) is 20.6 Å². The molecule has 4 nitrogen and oxygen atoms in total. The number of likely N-dealkylation sites (N-methyl/N-ethyl adjacent to an activating group) is 1. The lowest BCUT2D eigenvalue weighted by Crippen LogP contribution is -2.53. The molecule has 1 aliphatic carbocycles. The second-order valence-corrected chi connectivity index (χ2v) is 5.47. The van der Waals surface area contributed by atoms with Gasteiger partial charge in [-0.15, -0.1) is 0 Å². The summed E-state index contributed by atoms with van der Waals surface area (Å²) in [6.07, 6.45) is 5.02. The van der Waals surface area contributed by atoms with Crippen molar-refractivity contribution in [1.29, 1.82) is 0 Å². The van der Waals surface area contributed by atoms with Gasteiger partial charge in [-0.3, -0.25) is 9.69 Å². The Labute approximate surface area is 97.8 Å². The molecule has 1 unspecified atom stereocenters. The molecule has 1 spiro atoms. The number of carbonyl (C=O) groups excluding carboxylic acids is 1. The van der Waals surface area contributed by atoms with Crippen LogP contribution in [0.25, 0.3) is 0 Å². The lowest BCUT2D eigenvalue weighted by Gasteiger charge is -2.37. The highest BCUT2D eigenvalue weighted by molar-refractivity contribution is 5.82. The van der Waals surface area contributed by atoms with Gasteiger partial charge in [-0.1, -0.05) is 0 Å². The van der Waals surface area contributed by atoms with Crippen LogP contribution in [0.1, 0.15) is 32.6 Å². The first kappa shape index (κ1) is 11.9. The molecule has 0 bridgehead atoms. The van der Waals surface area contributed by atoms with Gasteiger partial charge in [-0.05, 0) is 58.7 Å². The number of amides is 1. The van der Waals surface area contributed by atoms with Crippen molar-refractivity contribution in [2.45, 2.75) is 44.8 Å². The molecule has 0 aromatic carbocycles. The molecule has 16 heavy (non-hydrogen) atoms. The monoisotopic (exact) mass is 225 g/mol. The molecule has 1 aliphatic heterocycles. The molecule has 92 valence electrons. The van der Waals surface area contributed by atoms with Gasteiger partial charge in [0.2, 0.25) is 5.91 Å². The maximum atomic E-state index is 12.1. The summed E-state index contributed by atoms with van der Waals surface area (Å²) in [5, 5.41) is 6.04. The number of nitrogens with one attached hydrogen (secondary N) is 2. The quantitative estimate of drug-likeness (QED) is 0.689. The second-order valence-electron chi connectivity index (χ2n) is 5.47. The Balaban J connectivity index is 1.93. The zero-order valence-corrected chi connectivity index (χ0v) is 10.5. The average molecular weight is 225 g/mol. The van der Waals surface area contributed by atoms with Crippen molar-refractivity contribution >= 4 is 5.91 Å². The fraction of sp³-hybridized carbons (Fsp3) is 0.917.